The first kappa shape index (κ1) is 21.8. The zero-order chi connectivity index (χ0) is 23.3. The lowest BCUT2D eigenvalue weighted by molar-refractivity contribution is 0.00518. The first-order chi connectivity index (χ1) is 15.8. The first-order valence-electron chi connectivity index (χ1n) is 10.9. The summed E-state index contributed by atoms with van der Waals surface area (Å²) in [5.41, 5.74) is 4.41. The summed E-state index contributed by atoms with van der Waals surface area (Å²) in [5.74, 6) is -0.315. The maximum absolute atomic E-state index is 15.0. The van der Waals surface area contributed by atoms with Crippen molar-refractivity contribution in [2.24, 2.45) is 7.05 Å². The van der Waals surface area contributed by atoms with E-state index >= 15 is 0 Å². The van der Waals surface area contributed by atoms with E-state index in [1.165, 1.54) is 6.07 Å². The molecule has 4 aromatic rings. The molecule has 0 N–H and O–H groups in total. The van der Waals surface area contributed by atoms with Crippen molar-refractivity contribution in [3.05, 3.63) is 86.4 Å². The average molecular weight is 467 g/mol. The molecule has 6 nitrogen and oxygen atoms in total. The molecule has 2 atom stereocenters. The lowest BCUT2D eigenvalue weighted by Gasteiger charge is -2.30. The summed E-state index contributed by atoms with van der Waals surface area (Å²) in [7, 11) is 1.88. The van der Waals surface area contributed by atoms with E-state index < -0.39 is 5.82 Å². The van der Waals surface area contributed by atoms with Crippen LogP contribution in [0.3, 0.4) is 0 Å². The van der Waals surface area contributed by atoms with E-state index in [1.807, 2.05) is 31.7 Å². The third-order valence-electron chi connectivity index (χ3n) is 6.49. The largest absolute Gasteiger partial charge is 0.373 e. The minimum atomic E-state index is -0.450. The van der Waals surface area contributed by atoms with E-state index in [2.05, 4.69) is 10.1 Å². The van der Waals surface area contributed by atoms with Gasteiger partial charge in [0.15, 0.2) is 0 Å². The highest BCUT2D eigenvalue weighted by molar-refractivity contribution is 6.30. The highest BCUT2D eigenvalue weighted by Gasteiger charge is 2.27. The van der Waals surface area contributed by atoms with Crippen LogP contribution in [0.5, 0.6) is 0 Å². The molecule has 3 aromatic heterocycles. The van der Waals surface area contributed by atoms with E-state index in [-0.39, 0.29) is 17.6 Å². The van der Waals surface area contributed by atoms with Gasteiger partial charge in [-0.25, -0.2) is 9.37 Å². The van der Waals surface area contributed by atoms with Gasteiger partial charge in [-0.1, -0.05) is 11.6 Å². The van der Waals surface area contributed by atoms with E-state index in [0.29, 0.717) is 39.7 Å². The Morgan fingerprint density at radius 1 is 1.15 bits per heavy atom. The predicted molar refractivity (Wildman–Crippen MR) is 125 cm³/mol. The number of rotatable bonds is 3. The molecule has 4 heterocycles. The lowest BCUT2D eigenvalue weighted by atomic mass is 9.86. The maximum atomic E-state index is 15.0. The summed E-state index contributed by atoms with van der Waals surface area (Å²) in [6.07, 6.45) is 7.10. The van der Waals surface area contributed by atoms with E-state index in [4.69, 9.17) is 16.3 Å². The Morgan fingerprint density at radius 2 is 1.97 bits per heavy atom. The van der Waals surface area contributed by atoms with Crippen LogP contribution in [0.25, 0.3) is 16.8 Å². The molecule has 1 fully saturated rings. The number of ether oxygens (including phenoxy) is 1. The highest BCUT2D eigenvalue weighted by atomic mass is 35.5. The van der Waals surface area contributed by atoms with Crippen molar-refractivity contribution in [1.82, 2.24) is 19.2 Å². The SMILES string of the molecule is Cc1nc2c(-c3ccc(Cl)cc3F)cc([C@@H]3CCO[C@H](c4cnn(C)c4)C3)cn2c(=O)c1C. The average Bonchev–Trinajstić information content (AvgIpc) is 3.24. The number of pyridine rings is 1. The van der Waals surface area contributed by atoms with Gasteiger partial charge in [0.05, 0.1) is 12.3 Å². The summed E-state index contributed by atoms with van der Waals surface area (Å²) in [6.45, 7) is 4.15. The molecule has 0 amide bonds. The number of fused-ring (bicyclic) bond motifs is 1. The number of hydrogen-bond donors (Lipinski definition) is 0. The van der Waals surface area contributed by atoms with Gasteiger partial charge in [0.1, 0.15) is 11.5 Å². The third-order valence-corrected chi connectivity index (χ3v) is 6.72. The number of halogens is 2. The Morgan fingerprint density at radius 3 is 2.70 bits per heavy atom. The molecule has 0 saturated carbocycles. The van der Waals surface area contributed by atoms with Crippen LogP contribution in [0, 0.1) is 19.7 Å². The lowest BCUT2D eigenvalue weighted by Crippen LogP contribution is -2.23. The van der Waals surface area contributed by atoms with Crippen molar-refractivity contribution in [2.75, 3.05) is 6.61 Å². The van der Waals surface area contributed by atoms with Crippen LogP contribution in [-0.2, 0) is 11.8 Å². The second kappa shape index (κ2) is 8.39. The van der Waals surface area contributed by atoms with Gasteiger partial charge >= 0.3 is 0 Å². The molecule has 33 heavy (non-hydrogen) atoms. The molecular formula is C25H24ClFN4O2. The Hall–Kier alpha value is -3.03. The molecule has 8 heteroatoms. The third kappa shape index (κ3) is 3.96. The zero-order valence-electron chi connectivity index (χ0n) is 18.7. The summed E-state index contributed by atoms with van der Waals surface area (Å²) in [4.78, 5) is 17.8. The van der Waals surface area contributed by atoms with Crippen LogP contribution in [-0.4, -0.2) is 25.8 Å². The van der Waals surface area contributed by atoms with Gasteiger partial charge in [-0.2, -0.15) is 5.10 Å². The molecule has 1 aliphatic heterocycles. The second-order valence-electron chi connectivity index (χ2n) is 8.66. The van der Waals surface area contributed by atoms with Crippen LogP contribution < -0.4 is 5.56 Å². The molecule has 5 rings (SSSR count). The number of aryl methyl sites for hydroxylation is 2. The number of aromatic nitrogens is 4. The molecule has 0 aliphatic carbocycles. The van der Waals surface area contributed by atoms with Gasteiger partial charge in [0, 0.05) is 59.0 Å². The fourth-order valence-electron chi connectivity index (χ4n) is 4.52. The van der Waals surface area contributed by atoms with E-state index in [0.717, 1.165) is 24.0 Å². The normalized spacial score (nSPS) is 18.7. The Kier molecular flexibility index (Phi) is 5.54. The summed E-state index contributed by atoms with van der Waals surface area (Å²) in [6, 6.07) is 6.53. The van der Waals surface area contributed by atoms with Gasteiger partial charge in [-0.05, 0) is 62.4 Å². The van der Waals surface area contributed by atoms with Gasteiger partial charge in [-0.15, -0.1) is 0 Å². The van der Waals surface area contributed by atoms with Crippen molar-refractivity contribution >= 4 is 17.2 Å². The zero-order valence-corrected chi connectivity index (χ0v) is 19.4. The standard InChI is InChI=1S/C25H24ClFN4O2/c1-14-15(2)29-24-21(20-5-4-19(26)10-22(20)27)8-17(13-31(24)25(14)32)16-6-7-33-23(9-16)18-11-28-30(3)12-18/h4-5,8,10-13,16,23H,6-7,9H2,1-3H3/t16-,23+/m1/s1. The number of nitrogens with zero attached hydrogens (tertiary/aromatic N) is 4. The van der Waals surface area contributed by atoms with Gasteiger partial charge in [-0.3, -0.25) is 13.9 Å². The van der Waals surface area contributed by atoms with E-state index in [9.17, 15) is 9.18 Å². The van der Waals surface area contributed by atoms with Crippen LogP contribution in [0.2, 0.25) is 5.02 Å². The van der Waals surface area contributed by atoms with Crippen molar-refractivity contribution in [3.8, 4) is 11.1 Å². The molecule has 0 unspecified atom stereocenters. The quantitative estimate of drug-likeness (QED) is 0.419. The molecular weight excluding hydrogens is 443 g/mol. The van der Waals surface area contributed by atoms with Gasteiger partial charge in [0.2, 0.25) is 0 Å². The predicted octanol–water partition coefficient (Wildman–Crippen LogP) is 5.14. The molecule has 1 aromatic carbocycles. The highest BCUT2D eigenvalue weighted by Crippen LogP contribution is 2.39. The topological polar surface area (TPSA) is 61.4 Å². The Balaban J connectivity index is 1.67. The van der Waals surface area contributed by atoms with Crippen LogP contribution >= 0.6 is 11.6 Å². The van der Waals surface area contributed by atoms with Gasteiger partial charge in [0.25, 0.3) is 5.56 Å². The van der Waals surface area contributed by atoms with Crippen molar-refractivity contribution in [2.45, 2.75) is 38.7 Å². The van der Waals surface area contributed by atoms with E-state index in [1.54, 1.807) is 35.1 Å². The molecule has 0 bridgehead atoms. The van der Waals surface area contributed by atoms with Gasteiger partial charge < -0.3 is 4.74 Å². The van der Waals surface area contributed by atoms with Crippen LogP contribution in [0.1, 0.15) is 47.2 Å². The van der Waals surface area contributed by atoms with Crippen molar-refractivity contribution in [3.63, 3.8) is 0 Å². The first-order valence-corrected chi connectivity index (χ1v) is 11.3. The summed E-state index contributed by atoms with van der Waals surface area (Å²) in [5, 5.41) is 4.58. The molecule has 0 radical (unpaired) electrons. The monoisotopic (exact) mass is 466 g/mol. The van der Waals surface area contributed by atoms with Crippen LogP contribution in [0.15, 0.2) is 47.7 Å². The fourth-order valence-corrected chi connectivity index (χ4v) is 4.68. The molecule has 0 spiro atoms. The molecule has 1 saturated heterocycles. The van der Waals surface area contributed by atoms with Crippen molar-refractivity contribution in [1.29, 1.82) is 0 Å². The Bertz CT molecular complexity index is 1430. The second-order valence-corrected chi connectivity index (χ2v) is 9.10. The smallest absolute Gasteiger partial charge is 0.261 e. The molecule has 170 valence electrons. The van der Waals surface area contributed by atoms with Crippen molar-refractivity contribution < 1.29 is 9.13 Å². The summed E-state index contributed by atoms with van der Waals surface area (Å²) >= 11 is 5.99. The van der Waals surface area contributed by atoms with Crippen LogP contribution in [0.4, 0.5) is 4.39 Å². The maximum Gasteiger partial charge on any atom is 0.261 e. The fraction of sp³-hybridized carbons (Fsp3) is 0.320. The molecule has 1 aliphatic rings. The number of benzene rings is 1. The minimum absolute atomic E-state index is 0.0848. The summed E-state index contributed by atoms with van der Waals surface area (Å²) < 4.78 is 24.3. The Labute approximate surface area is 195 Å². The number of hydrogen-bond acceptors (Lipinski definition) is 4. The minimum Gasteiger partial charge on any atom is -0.373 e.